The Balaban J connectivity index is 1.87. The average molecular weight is 269 g/mol. The molecule has 2 aromatic carbocycles. The topological polar surface area (TPSA) is 21.3 Å². The molecule has 2 atom stereocenters. The molecule has 2 bridgehead atoms. The highest BCUT2D eigenvalue weighted by Gasteiger charge is 2.40. The molecule has 0 saturated carbocycles. The van der Waals surface area contributed by atoms with E-state index in [1.807, 2.05) is 17.8 Å². The van der Waals surface area contributed by atoms with Crippen molar-refractivity contribution in [1.82, 2.24) is 0 Å². The zero-order chi connectivity index (χ0) is 12.9. The van der Waals surface area contributed by atoms with Gasteiger partial charge in [-0.1, -0.05) is 30.3 Å². The van der Waals surface area contributed by atoms with Crippen molar-refractivity contribution in [2.45, 2.75) is 29.2 Å². The summed E-state index contributed by atoms with van der Waals surface area (Å²) in [5.74, 6) is 1.01. The lowest BCUT2D eigenvalue weighted by Crippen LogP contribution is -2.43. The molecule has 0 amide bonds. The van der Waals surface area contributed by atoms with Gasteiger partial charge in [0.25, 0.3) is 0 Å². The van der Waals surface area contributed by atoms with E-state index in [1.165, 1.54) is 16.1 Å². The summed E-state index contributed by atoms with van der Waals surface area (Å²) in [6, 6.07) is 16.9. The first-order chi connectivity index (χ1) is 9.23. The first kappa shape index (κ1) is 11.2. The van der Waals surface area contributed by atoms with Crippen molar-refractivity contribution in [3.63, 3.8) is 0 Å². The monoisotopic (exact) mass is 269 g/mol. The minimum absolute atomic E-state index is 0.321. The predicted molar refractivity (Wildman–Crippen MR) is 78.8 cm³/mol. The Kier molecular flexibility index (Phi) is 2.33. The van der Waals surface area contributed by atoms with Gasteiger partial charge in [0.1, 0.15) is 5.75 Å². The normalized spacial score (nSPS) is 27.3. The van der Waals surface area contributed by atoms with Gasteiger partial charge in [0, 0.05) is 22.1 Å². The second-order valence-electron chi connectivity index (χ2n) is 5.30. The summed E-state index contributed by atoms with van der Waals surface area (Å²) >= 11 is 1.93. The van der Waals surface area contributed by atoms with Gasteiger partial charge in [-0.2, -0.15) is 0 Å². The fraction of sp³-hybridized carbons (Fsp3) is 0.250. The van der Waals surface area contributed by atoms with Gasteiger partial charge in [0.15, 0.2) is 5.72 Å². The average Bonchev–Trinajstić information content (AvgIpc) is 2.52. The molecule has 0 aliphatic carbocycles. The van der Waals surface area contributed by atoms with Crippen molar-refractivity contribution in [2.24, 2.45) is 0 Å². The summed E-state index contributed by atoms with van der Waals surface area (Å²) in [5, 5.41) is 4.02. The van der Waals surface area contributed by atoms with E-state index in [-0.39, 0.29) is 5.72 Å². The van der Waals surface area contributed by atoms with E-state index in [0.29, 0.717) is 5.25 Å². The summed E-state index contributed by atoms with van der Waals surface area (Å²) in [5.41, 5.74) is 2.16. The number of para-hydroxylation sites is 2. The molecule has 2 aliphatic rings. The second-order valence-corrected chi connectivity index (χ2v) is 6.55. The van der Waals surface area contributed by atoms with Gasteiger partial charge < -0.3 is 10.1 Å². The van der Waals surface area contributed by atoms with E-state index < -0.39 is 0 Å². The summed E-state index contributed by atoms with van der Waals surface area (Å²) in [7, 11) is 0. The molecule has 96 valence electrons. The molecule has 0 fully saturated rings. The third-order valence-electron chi connectivity index (χ3n) is 3.73. The molecule has 0 unspecified atom stereocenters. The molecule has 2 heterocycles. The van der Waals surface area contributed by atoms with Crippen LogP contribution in [0.4, 0.5) is 5.69 Å². The van der Waals surface area contributed by atoms with Crippen molar-refractivity contribution >= 4 is 17.4 Å². The fourth-order valence-corrected chi connectivity index (χ4v) is 4.31. The minimum atomic E-state index is -0.321. The van der Waals surface area contributed by atoms with Crippen molar-refractivity contribution < 1.29 is 4.74 Å². The van der Waals surface area contributed by atoms with Crippen LogP contribution < -0.4 is 10.1 Å². The molecular formula is C16H15NOS. The van der Waals surface area contributed by atoms with Gasteiger partial charge in [0.2, 0.25) is 0 Å². The molecule has 0 saturated heterocycles. The maximum absolute atomic E-state index is 6.20. The molecule has 2 aromatic rings. The van der Waals surface area contributed by atoms with Crippen LogP contribution in [-0.4, -0.2) is 5.72 Å². The largest absolute Gasteiger partial charge is 0.468 e. The van der Waals surface area contributed by atoms with Crippen molar-refractivity contribution in [3.05, 3.63) is 54.1 Å². The zero-order valence-corrected chi connectivity index (χ0v) is 11.5. The van der Waals surface area contributed by atoms with Crippen LogP contribution >= 0.6 is 11.8 Å². The summed E-state index contributed by atoms with van der Waals surface area (Å²) in [4.78, 5) is 1.30. The molecule has 0 aromatic heterocycles. The summed E-state index contributed by atoms with van der Waals surface area (Å²) in [6.07, 6.45) is 0.976. The second kappa shape index (κ2) is 3.94. The standard InChI is InChI=1S/C16H15NOS/c1-16-10-15(11-6-2-4-8-13(11)18-16)19-14-9-5-3-7-12(14)17-16/h2-9,15,17H,10H2,1H3/t15-,16+/m0/s1. The first-order valence-corrected chi connectivity index (χ1v) is 7.43. The lowest BCUT2D eigenvalue weighted by atomic mass is 9.98. The van der Waals surface area contributed by atoms with Crippen LogP contribution in [0.2, 0.25) is 0 Å². The van der Waals surface area contributed by atoms with E-state index in [9.17, 15) is 0 Å². The molecule has 2 nitrogen and oxygen atoms in total. The van der Waals surface area contributed by atoms with Crippen molar-refractivity contribution in [2.75, 3.05) is 5.32 Å². The van der Waals surface area contributed by atoms with Crippen LogP contribution in [0.15, 0.2) is 53.4 Å². The van der Waals surface area contributed by atoms with Gasteiger partial charge in [-0.15, -0.1) is 11.8 Å². The Hall–Kier alpha value is -1.61. The number of thioether (sulfide) groups is 1. The molecule has 0 radical (unpaired) electrons. The Morgan fingerprint density at radius 2 is 1.95 bits per heavy atom. The lowest BCUT2D eigenvalue weighted by Gasteiger charge is -2.38. The third-order valence-corrected chi connectivity index (χ3v) is 5.05. The Morgan fingerprint density at radius 1 is 1.16 bits per heavy atom. The molecule has 19 heavy (non-hydrogen) atoms. The third kappa shape index (κ3) is 1.80. The molecule has 1 N–H and O–H groups in total. The number of hydrogen-bond donors (Lipinski definition) is 1. The Labute approximate surface area is 117 Å². The van der Waals surface area contributed by atoms with E-state index >= 15 is 0 Å². The van der Waals surface area contributed by atoms with Gasteiger partial charge in [-0.05, 0) is 25.1 Å². The van der Waals surface area contributed by atoms with Crippen LogP contribution in [0.3, 0.4) is 0 Å². The highest BCUT2D eigenvalue weighted by molar-refractivity contribution is 7.99. The Bertz CT molecular complexity index is 642. The number of hydrogen-bond acceptors (Lipinski definition) is 3. The molecule has 3 heteroatoms. The molecule has 0 spiro atoms. The molecular weight excluding hydrogens is 254 g/mol. The molecule has 4 rings (SSSR count). The maximum atomic E-state index is 6.20. The lowest BCUT2D eigenvalue weighted by molar-refractivity contribution is 0.0934. The predicted octanol–water partition coefficient (Wildman–Crippen LogP) is 4.44. The number of nitrogens with one attached hydrogen (secondary N) is 1. The van der Waals surface area contributed by atoms with E-state index in [2.05, 4.69) is 54.7 Å². The highest BCUT2D eigenvalue weighted by atomic mass is 32.2. The zero-order valence-electron chi connectivity index (χ0n) is 10.7. The van der Waals surface area contributed by atoms with Crippen LogP contribution in [-0.2, 0) is 0 Å². The first-order valence-electron chi connectivity index (χ1n) is 6.55. The smallest absolute Gasteiger partial charge is 0.179 e. The fourth-order valence-electron chi connectivity index (χ4n) is 2.88. The SMILES string of the molecule is C[C@@]12C[C@H](Sc3ccccc3N1)c1ccccc1O2. The minimum Gasteiger partial charge on any atom is -0.468 e. The summed E-state index contributed by atoms with van der Waals surface area (Å²) < 4.78 is 6.20. The van der Waals surface area contributed by atoms with Gasteiger partial charge >= 0.3 is 0 Å². The molecule has 2 aliphatic heterocycles. The summed E-state index contributed by atoms with van der Waals surface area (Å²) in [6.45, 7) is 2.14. The van der Waals surface area contributed by atoms with Gasteiger partial charge in [-0.25, -0.2) is 0 Å². The number of ether oxygens (including phenoxy) is 1. The number of benzene rings is 2. The maximum Gasteiger partial charge on any atom is 0.179 e. The van der Waals surface area contributed by atoms with Gasteiger partial charge in [0.05, 0.1) is 5.69 Å². The number of anilines is 1. The highest BCUT2D eigenvalue weighted by Crippen LogP contribution is 2.52. The van der Waals surface area contributed by atoms with Crippen LogP contribution in [0.25, 0.3) is 0 Å². The van der Waals surface area contributed by atoms with Crippen molar-refractivity contribution in [1.29, 1.82) is 0 Å². The van der Waals surface area contributed by atoms with E-state index in [4.69, 9.17) is 4.74 Å². The van der Waals surface area contributed by atoms with Crippen molar-refractivity contribution in [3.8, 4) is 5.75 Å². The number of rotatable bonds is 0. The van der Waals surface area contributed by atoms with E-state index in [0.717, 1.165) is 12.2 Å². The quantitative estimate of drug-likeness (QED) is 0.763. The van der Waals surface area contributed by atoms with E-state index in [1.54, 1.807) is 0 Å². The van der Waals surface area contributed by atoms with Crippen LogP contribution in [0.5, 0.6) is 5.75 Å². The Morgan fingerprint density at radius 3 is 2.89 bits per heavy atom. The van der Waals surface area contributed by atoms with Crippen LogP contribution in [0, 0.1) is 0 Å². The van der Waals surface area contributed by atoms with Gasteiger partial charge in [-0.3, -0.25) is 0 Å². The van der Waals surface area contributed by atoms with Crippen LogP contribution in [0.1, 0.15) is 24.2 Å². The number of fused-ring (bicyclic) bond motifs is 5.